The van der Waals surface area contributed by atoms with Crippen molar-refractivity contribution in [2.24, 2.45) is 0 Å². The molecule has 0 fully saturated rings. The van der Waals surface area contributed by atoms with Crippen molar-refractivity contribution in [3.63, 3.8) is 0 Å². The van der Waals surface area contributed by atoms with Gasteiger partial charge in [-0.25, -0.2) is 0 Å². The van der Waals surface area contributed by atoms with Gasteiger partial charge in [-0.1, -0.05) is 12.2 Å². The van der Waals surface area contributed by atoms with Gasteiger partial charge in [-0.05, 0) is 32.1 Å². The van der Waals surface area contributed by atoms with E-state index in [4.69, 9.17) is 5.11 Å². The molecule has 4 nitrogen and oxygen atoms in total. The second kappa shape index (κ2) is 10.2. The number of allylic oxidation sites excluding steroid dienone is 2. The predicted molar refractivity (Wildman–Crippen MR) is 61.1 cm³/mol. The van der Waals surface area contributed by atoms with Crippen molar-refractivity contribution < 1.29 is 19.4 Å². The summed E-state index contributed by atoms with van der Waals surface area (Å²) in [6.07, 6.45) is 10.6. The highest BCUT2D eigenvalue weighted by atomic mass is 16.5. The molecule has 0 amide bonds. The molecule has 0 saturated carbocycles. The molecule has 0 unspecified atom stereocenters. The minimum Gasteiger partial charge on any atom is -0.481 e. The van der Waals surface area contributed by atoms with Crippen LogP contribution in [0.5, 0.6) is 0 Å². The van der Waals surface area contributed by atoms with E-state index in [0.29, 0.717) is 6.42 Å². The van der Waals surface area contributed by atoms with Gasteiger partial charge >= 0.3 is 11.9 Å². The molecule has 0 aromatic carbocycles. The van der Waals surface area contributed by atoms with Crippen molar-refractivity contribution in [2.45, 2.75) is 44.9 Å². The van der Waals surface area contributed by atoms with E-state index < -0.39 is 5.97 Å². The van der Waals surface area contributed by atoms with E-state index in [9.17, 15) is 9.59 Å². The SMILES string of the molecule is C1=CCCCC1.COC(=O)CCCC(=O)O. The van der Waals surface area contributed by atoms with Crippen molar-refractivity contribution in [1.29, 1.82) is 0 Å². The van der Waals surface area contributed by atoms with Crippen LogP contribution in [-0.4, -0.2) is 24.2 Å². The number of carboxylic acids is 1. The summed E-state index contributed by atoms with van der Waals surface area (Å²) < 4.78 is 4.30. The van der Waals surface area contributed by atoms with Crippen molar-refractivity contribution >= 4 is 11.9 Å². The molecular weight excluding hydrogens is 208 g/mol. The summed E-state index contributed by atoms with van der Waals surface area (Å²) in [7, 11) is 1.28. The van der Waals surface area contributed by atoms with Gasteiger partial charge < -0.3 is 9.84 Å². The zero-order valence-corrected chi connectivity index (χ0v) is 9.78. The van der Waals surface area contributed by atoms with Crippen molar-refractivity contribution in [2.75, 3.05) is 7.11 Å². The number of rotatable bonds is 4. The molecule has 0 aliphatic heterocycles. The van der Waals surface area contributed by atoms with Crippen molar-refractivity contribution in [1.82, 2.24) is 0 Å². The van der Waals surface area contributed by atoms with Gasteiger partial charge in [-0.2, -0.15) is 0 Å². The lowest BCUT2D eigenvalue weighted by Gasteiger charge is -1.97. The Kier molecular flexibility index (Phi) is 9.36. The summed E-state index contributed by atoms with van der Waals surface area (Å²) in [5, 5.41) is 8.15. The molecule has 92 valence electrons. The molecule has 0 bridgehead atoms. The van der Waals surface area contributed by atoms with Crippen molar-refractivity contribution in [3.8, 4) is 0 Å². The maximum Gasteiger partial charge on any atom is 0.305 e. The number of carbonyl (C=O) groups is 2. The van der Waals surface area contributed by atoms with Gasteiger partial charge in [0.05, 0.1) is 7.11 Å². The van der Waals surface area contributed by atoms with E-state index >= 15 is 0 Å². The molecule has 0 heterocycles. The minimum atomic E-state index is -0.885. The lowest BCUT2D eigenvalue weighted by Crippen LogP contribution is -2.02. The largest absolute Gasteiger partial charge is 0.481 e. The number of ether oxygens (including phenoxy) is 1. The summed E-state index contributed by atoms with van der Waals surface area (Å²) in [4.78, 5) is 20.3. The first kappa shape index (κ1) is 14.7. The molecule has 1 N–H and O–H groups in total. The summed E-state index contributed by atoms with van der Waals surface area (Å²) in [6.45, 7) is 0. The molecule has 0 aromatic rings. The lowest BCUT2D eigenvalue weighted by atomic mass is 10.1. The molecule has 0 aromatic heterocycles. The van der Waals surface area contributed by atoms with E-state index in [1.54, 1.807) is 0 Å². The first-order valence-corrected chi connectivity index (χ1v) is 5.60. The molecule has 1 rings (SSSR count). The van der Waals surface area contributed by atoms with Gasteiger partial charge in [0.2, 0.25) is 0 Å². The third kappa shape index (κ3) is 10.8. The van der Waals surface area contributed by atoms with Crippen LogP contribution in [0.15, 0.2) is 12.2 Å². The smallest absolute Gasteiger partial charge is 0.305 e. The fraction of sp³-hybridized carbons (Fsp3) is 0.667. The fourth-order valence-corrected chi connectivity index (χ4v) is 1.25. The van der Waals surface area contributed by atoms with Crippen LogP contribution < -0.4 is 0 Å². The van der Waals surface area contributed by atoms with E-state index in [2.05, 4.69) is 16.9 Å². The maximum absolute atomic E-state index is 10.4. The normalized spacial score (nSPS) is 13.6. The van der Waals surface area contributed by atoms with Crippen LogP contribution in [0.2, 0.25) is 0 Å². The van der Waals surface area contributed by atoms with Crippen molar-refractivity contribution in [3.05, 3.63) is 12.2 Å². The van der Waals surface area contributed by atoms with Crippen LogP contribution in [0.3, 0.4) is 0 Å². The zero-order valence-electron chi connectivity index (χ0n) is 9.78. The van der Waals surface area contributed by atoms with E-state index in [1.807, 2.05) is 0 Å². The fourth-order valence-electron chi connectivity index (χ4n) is 1.25. The molecule has 0 saturated heterocycles. The maximum atomic E-state index is 10.4. The Morgan fingerprint density at radius 2 is 1.75 bits per heavy atom. The Labute approximate surface area is 96.3 Å². The lowest BCUT2D eigenvalue weighted by molar-refractivity contribution is -0.141. The van der Waals surface area contributed by atoms with E-state index in [-0.39, 0.29) is 18.8 Å². The molecular formula is C12H20O4. The number of methoxy groups -OCH3 is 1. The first-order valence-electron chi connectivity index (χ1n) is 5.60. The second-order valence-corrected chi connectivity index (χ2v) is 3.58. The number of hydrogen-bond donors (Lipinski definition) is 1. The molecule has 1 aliphatic rings. The van der Waals surface area contributed by atoms with Crippen LogP contribution in [0.1, 0.15) is 44.9 Å². The minimum absolute atomic E-state index is 0.0229. The van der Waals surface area contributed by atoms with Gasteiger partial charge in [0, 0.05) is 12.8 Å². The number of esters is 1. The second-order valence-electron chi connectivity index (χ2n) is 3.58. The van der Waals surface area contributed by atoms with Crippen LogP contribution in [0, 0.1) is 0 Å². The number of carboxylic acid groups (broad SMARTS) is 1. The van der Waals surface area contributed by atoms with Gasteiger partial charge in [0.1, 0.15) is 0 Å². The Morgan fingerprint density at radius 1 is 1.19 bits per heavy atom. The third-order valence-electron chi connectivity index (χ3n) is 2.16. The molecule has 0 atom stereocenters. The Balaban J connectivity index is 0.000000315. The summed E-state index contributed by atoms with van der Waals surface area (Å²) >= 11 is 0. The molecule has 0 radical (unpaired) electrons. The van der Waals surface area contributed by atoms with Gasteiger partial charge in [0.25, 0.3) is 0 Å². The van der Waals surface area contributed by atoms with E-state index in [1.165, 1.54) is 32.8 Å². The number of carbonyl (C=O) groups excluding carboxylic acids is 1. The molecule has 1 aliphatic carbocycles. The highest BCUT2D eigenvalue weighted by Gasteiger charge is 2.01. The van der Waals surface area contributed by atoms with Crippen LogP contribution in [0.25, 0.3) is 0 Å². The van der Waals surface area contributed by atoms with Crippen LogP contribution in [0.4, 0.5) is 0 Å². The Hall–Kier alpha value is -1.32. The summed E-state index contributed by atoms with van der Waals surface area (Å²) in [5.74, 6) is -1.25. The monoisotopic (exact) mass is 228 g/mol. The quantitative estimate of drug-likeness (QED) is 0.593. The zero-order chi connectivity index (χ0) is 12.2. The Bertz CT molecular complexity index is 225. The average molecular weight is 228 g/mol. The summed E-state index contributed by atoms with van der Waals surface area (Å²) in [6, 6.07) is 0. The average Bonchev–Trinajstić information content (AvgIpc) is 2.31. The van der Waals surface area contributed by atoms with Crippen LogP contribution in [-0.2, 0) is 14.3 Å². The van der Waals surface area contributed by atoms with E-state index in [0.717, 1.165) is 0 Å². The number of hydrogen-bond acceptors (Lipinski definition) is 3. The third-order valence-corrected chi connectivity index (χ3v) is 2.16. The topological polar surface area (TPSA) is 63.6 Å². The van der Waals surface area contributed by atoms with Crippen LogP contribution >= 0.6 is 0 Å². The Morgan fingerprint density at radius 3 is 2.06 bits per heavy atom. The molecule has 0 spiro atoms. The predicted octanol–water partition coefficient (Wildman–Crippen LogP) is 2.53. The summed E-state index contributed by atoms with van der Waals surface area (Å²) in [5.41, 5.74) is 0. The van der Waals surface area contributed by atoms with Gasteiger partial charge in [-0.3, -0.25) is 9.59 Å². The highest BCUT2D eigenvalue weighted by molar-refractivity contribution is 5.71. The van der Waals surface area contributed by atoms with Gasteiger partial charge in [0.15, 0.2) is 0 Å². The first-order chi connectivity index (χ1) is 7.66. The molecule has 16 heavy (non-hydrogen) atoms. The number of aliphatic carboxylic acids is 1. The van der Waals surface area contributed by atoms with Gasteiger partial charge in [-0.15, -0.1) is 0 Å². The molecule has 4 heteroatoms. The standard InChI is InChI=1S/C6H10O4.C6H10/c1-10-6(9)4-2-3-5(7)8;1-2-4-6-5-3-1/h2-4H2,1H3,(H,7,8);1-2H,3-6H2. The highest BCUT2D eigenvalue weighted by Crippen LogP contribution is 2.07.